The molecule has 0 unspecified atom stereocenters. The predicted molar refractivity (Wildman–Crippen MR) is 205 cm³/mol. The van der Waals surface area contributed by atoms with Crippen LogP contribution in [0.25, 0.3) is 10.8 Å². The van der Waals surface area contributed by atoms with Crippen LogP contribution in [-0.4, -0.2) is 12.4 Å². The molecule has 260 valence electrons. The van der Waals surface area contributed by atoms with Crippen molar-refractivity contribution in [3.05, 3.63) is 77.4 Å². The summed E-state index contributed by atoms with van der Waals surface area (Å²) in [6, 6.07) is 21.6. The molecule has 0 aliphatic rings. The molecule has 3 rings (SSSR count). The fourth-order valence-electron chi connectivity index (χ4n) is 6.78. The molecule has 1 atom stereocenters. The third kappa shape index (κ3) is 16.4. The number of hydrogen-bond donors (Lipinski definition) is 0. The Balaban J connectivity index is 1.25. The SMILES string of the molecule is CCCCCCCCCCCCCCCCCCOc1ccc2cc(CCc3ccc(C(=O)[C@H](C)CCCCCC)cc3)ccc2c1. The molecular weight excluding hydrogens is 572 g/mol. The summed E-state index contributed by atoms with van der Waals surface area (Å²) in [7, 11) is 0. The first kappa shape index (κ1) is 38.8. The van der Waals surface area contributed by atoms with Crippen LogP contribution in [0, 0.1) is 5.92 Å². The highest BCUT2D eigenvalue weighted by Crippen LogP contribution is 2.24. The van der Waals surface area contributed by atoms with Crippen molar-refractivity contribution in [2.45, 2.75) is 168 Å². The van der Waals surface area contributed by atoms with Crippen molar-refractivity contribution in [1.82, 2.24) is 0 Å². The van der Waals surface area contributed by atoms with E-state index in [1.165, 1.54) is 137 Å². The van der Waals surface area contributed by atoms with Gasteiger partial charge >= 0.3 is 0 Å². The number of rotatable bonds is 28. The molecule has 0 saturated heterocycles. The van der Waals surface area contributed by atoms with Gasteiger partial charge in [0.05, 0.1) is 6.61 Å². The van der Waals surface area contributed by atoms with Gasteiger partial charge in [0.15, 0.2) is 5.78 Å². The molecule has 0 fully saturated rings. The van der Waals surface area contributed by atoms with Crippen LogP contribution in [0.3, 0.4) is 0 Å². The van der Waals surface area contributed by atoms with Gasteiger partial charge in [-0.2, -0.15) is 0 Å². The van der Waals surface area contributed by atoms with E-state index in [1.54, 1.807) is 0 Å². The number of unbranched alkanes of at least 4 members (excludes halogenated alkanes) is 18. The molecule has 47 heavy (non-hydrogen) atoms. The predicted octanol–water partition coefficient (Wildman–Crippen LogP) is 14.1. The Kier molecular flexibility index (Phi) is 20.3. The second-order valence-corrected chi connectivity index (χ2v) is 14.3. The molecule has 2 heteroatoms. The Labute approximate surface area is 289 Å². The van der Waals surface area contributed by atoms with E-state index >= 15 is 0 Å². The number of benzene rings is 3. The van der Waals surface area contributed by atoms with Crippen LogP contribution in [0.1, 0.15) is 177 Å². The third-order valence-corrected chi connectivity index (χ3v) is 10.0. The van der Waals surface area contributed by atoms with Crippen molar-refractivity contribution in [2.24, 2.45) is 5.92 Å². The molecule has 0 heterocycles. The molecule has 0 aliphatic heterocycles. The molecule has 0 saturated carbocycles. The van der Waals surface area contributed by atoms with Gasteiger partial charge < -0.3 is 4.74 Å². The summed E-state index contributed by atoms with van der Waals surface area (Å²) in [4.78, 5) is 12.8. The van der Waals surface area contributed by atoms with Crippen LogP contribution in [0.4, 0.5) is 0 Å². The summed E-state index contributed by atoms with van der Waals surface area (Å²) in [5.74, 6) is 1.38. The van der Waals surface area contributed by atoms with Gasteiger partial charge in [-0.25, -0.2) is 0 Å². The highest BCUT2D eigenvalue weighted by Gasteiger charge is 2.14. The number of aryl methyl sites for hydroxylation is 2. The number of fused-ring (bicyclic) bond motifs is 1. The van der Waals surface area contributed by atoms with Gasteiger partial charge in [-0.1, -0.05) is 191 Å². The molecule has 0 radical (unpaired) electrons. The van der Waals surface area contributed by atoms with E-state index < -0.39 is 0 Å². The fourth-order valence-corrected chi connectivity index (χ4v) is 6.78. The number of Topliss-reactive ketones (excluding diaryl/α,β-unsaturated/α-hetero) is 1. The number of ether oxygens (including phenoxy) is 1. The second kappa shape index (κ2) is 24.5. The van der Waals surface area contributed by atoms with Gasteiger partial charge in [-0.15, -0.1) is 0 Å². The van der Waals surface area contributed by atoms with Crippen LogP contribution in [0.15, 0.2) is 60.7 Å². The number of hydrogen-bond acceptors (Lipinski definition) is 2. The smallest absolute Gasteiger partial charge is 0.165 e. The van der Waals surface area contributed by atoms with Gasteiger partial charge in [-0.05, 0) is 59.7 Å². The molecule has 3 aromatic rings. The third-order valence-electron chi connectivity index (χ3n) is 10.0. The average molecular weight is 641 g/mol. The second-order valence-electron chi connectivity index (χ2n) is 14.3. The first-order valence-corrected chi connectivity index (χ1v) is 19.9. The van der Waals surface area contributed by atoms with Crippen molar-refractivity contribution in [2.75, 3.05) is 6.61 Å². The molecule has 0 aliphatic carbocycles. The Morgan fingerprint density at radius 1 is 0.532 bits per heavy atom. The summed E-state index contributed by atoms with van der Waals surface area (Å²) >= 11 is 0. The van der Waals surface area contributed by atoms with E-state index in [4.69, 9.17) is 4.74 Å². The molecule has 3 aromatic carbocycles. The van der Waals surface area contributed by atoms with Crippen molar-refractivity contribution in [3.63, 3.8) is 0 Å². The maximum atomic E-state index is 12.8. The molecule has 0 spiro atoms. The van der Waals surface area contributed by atoms with Crippen molar-refractivity contribution in [3.8, 4) is 5.75 Å². The lowest BCUT2D eigenvalue weighted by Gasteiger charge is -2.11. The van der Waals surface area contributed by atoms with E-state index in [0.717, 1.165) is 50.0 Å². The number of ketones is 1. The zero-order valence-corrected chi connectivity index (χ0v) is 30.6. The van der Waals surface area contributed by atoms with Gasteiger partial charge in [0.25, 0.3) is 0 Å². The zero-order chi connectivity index (χ0) is 33.4. The van der Waals surface area contributed by atoms with E-state index in [0.29, 0.717) is 0 Å². The fraction of sp³-hybridized carbons (Fsp3) is 0.622. The lowest BCUT2D eigenvalue weighted by molar-refractivity contribution is 0.0922. The summed E-state index contributed by atoms with van der Waals surface area (Å²) in [6.45, 7) is 7.41. The van der Waals surface area contributed by atoms with E-state index in [2.05, 4.69) is 69.3 Å². The molecule has 2 nitrogen and oxygen atoms in total. The van der Waals surface area contributed by atoms with Gasteiger partial charge in [0.1, 0.15) is 5.75 Å². The Hall–Kier alpha value is -2.61. The first-order valence-electron chi connectivity index (χ1n) is 19.9. The van der Waals surface area contributed by atoms with Gasteiger partial charge in [0, 0.05) is 11.5 Å². The maximum Gasteiger partial charge on any atom is 0.165 e. The minimum atomic E-state index is 0.111. The average Bonchev–Trinajstić information content (AvgIpc) is 3.10. The normalized spacial score (nSPS) is 12.1. The number of carbonyl (C=O) groups excluding carboxylic acids is 1. The van der Waals surface area contributed by atoms with Gasteiger partial charge in [-0.3, -0.25) is 4.79 Å². The molecule has 0 aromatic heterocycles. The quantitative estimate of drug-likeness (QED) is 0.0583. The highest BCUT2D eigenvalue weighted by molar-refractivity contribution is 5.97. The van der Waals surface area contributed by atoms with Crippen LogP contribution < -0.4 is 4.74 Å². The Morgan fingerprint density at radius 3 is 1.60 bits per heavy atom. The van der Waals surface area contributed by atoms with E-state index in [1.807, 2.05) is 12.1 Å². The molecule has 0 N–H and O–H groups in total. The summed E-state index contributed by atoms with van der Waals surface area (Å²) in [5.41, 5.74) is 3.49. The van der Waals surface area contributed by atoms with E-state index in [9.17, 15) is 4.79 Å². The van der Waals surface area contributed by atoms with Crippen molar-refractivity contribution < 1.29 is 9.53 Å². The van der Waals surface area contributed by atoms with E-state index in [-0.39, 0.29) is 11.7 Å². The van der Waals surface area contributed by atoms with Gasteiger partial charge in [0.2, 0.25) is 0 Å². The Bertz CT molecular complexity index is 1230. The lowest BCUT2D eigenvalue weighted by atomic mass is 9.93. The summed E-state index contributed by atoms with van der Waals surface area (Å²) in [6.07, 6.45) is 30.1. The molecular formula is C45H68O2. The van der Waals surface area contributed by atoms with Crippen LogP contribution in [0.2, 0.25) is 0 Å². The topological polar surface area (TPSA) is 26.3 Å². The number of carbonyl (C=O) groups is 1. The van der Waals surface area contributed by atoms with Crippen molar-refractivity contribution >= 4 is 16.6 Å². The van der Waals surface area contributed by atoms with Crippen LogP contribution in [-0.2, 0) is 12.8 Å². The van der Waals surface area contributed by atoms with Crippen LogP contribution in [0.5, 0.6) is 5.75 Å². The maximum absolute atomic E-state index is 12.8. The largest absolute Gasteiger partial charge is 0.494 e. The van der Waals surface area contributed by atoms with Crippen LogP contribution >= 0.6 is 0 Å². The lowest BCUT2D eigenvalue weighted by Crippen LogP contribution is -2.11. The minimum Gasteiger partial charge on any atom is -0.494 e. The Morgan fingerprint density at radius 2 is 1.00 bits per heavy atom. The molecule has 0 amide bonds. The standard InChI is InChI=1S/C45H68O2/c1-4-6-8-10-11-12-13-14-15-16-17-18-19-20-21-23-35-47-44-34-33-42-36-40(29-32-43(42)37-44)26-25-39-27-30-41(31-28-39)45(46)38(3)24-22-9-7-5-2/h27-34,36-38H,4-26,35H2,1-3H3/t38-/m1/s1. The zero-order valence-electron chi connectivity index (χ0n) is 30.6. The molecule has 0 bridgehead atoms. The monoisotopic (exact) mass is 641 g/mol. The summed E-state index contributed by atoms with van der Waals surface area (Å²) in [5, 5.41) is 2.51. The highest BCUT2D eigenvalue weighted by atomic mass is 16.5. The van der Waals surface area contributed by atoms with Crippen molar-refractivity contribution in [1.29, 1.82) is 0 Å². The minimum absolute atomic E-state index is 0.111. The first-order chi connectivity index (χ1) is 23.1. The summed E-state index contributed by atoms with van der Waals surface area (Å²) < 4.78 is 6.11.